The van der Waals surface area contributed by atoms with Crippen LogP contribution >= 0.6 is 11.8 Å². The number of nitrogens with one attached hydrogen (secondary N) is 3. The molecule has 4 aromatic rings. The van der Waals surface area contributed by atoms with Crippen molar-refractivity contribution in [3.8, 4) is 11.4 Å². The van der Waals surface area contributed by atoms with E-state index in [1.54, 1.807) is 13.3 Å². The summed E-state index contributed by atoms with van der Waals surface area (Å²) < 4.78 is 32.3. The highest BCUT2D eigenvalue weighted by molar-refractivity contribution is 7.98. The van der Waals surface area contributed by atoms with Gasteiger partial charge in [-0.3, -0.25) is 5.10 Å². The van der Waals surface area contributed by atoms with Crippen molar-refractivity contribution < 1.29 is 8.78 Å². The molecule has 1 aromatic carbocycles. The molecule has 9 nitrogen and oxygen atoms in total. The number of hydrogen-bond donors (Lipinski definition) is 3. The van der Waals surface area contributed by atoms with Gasteiger partial charge in [0.25, 0.3) is 0 Å². The smallest absolute Gasteiger partial charge is 0.232 e. The maximum Gasteiger partial charge on any atom is 0.232 e. The number of anilines is 4. The SMILES string of the molecule is CSc1cc(F)c(N(C)c2nc(Nc3cc(C)[nH]n3)c(C3CC3)c(-c3cn4c(n3)CNCC4)n2)c(F)c1. The van der Waals surface area contributed by atoms with E-state index in [4.69, 9.17) is 15.0 Å². The summed E-state index contributed by atoms with van der Waals surface area (Å²) >= 11 is 1.28. The van der Waals surface area contributed by atoms with E-state index in [0.717, 1.165) is 48.7 Å². The van der Waals surface area contributed by atoms with Gasteiger partial charge in [0, 0.05) is 48.6 Å². The van der Waals surface area contributed by atoms with Gasteiger partial charge in [0.2, 0.25) is 5.95 Å². The van der Waals surface area contributed by atoms with Gasteiger partial charge in [0.1, 0.15) is 28.7 Å². The first-order valence-corrected chi connectivity index (χ1v) is 13.4. The molecule has 1 saturated carbocycles. The highest BCUT2D eigenvalue weighted by Crippen LogP contribution is 2.48. The van der Waals surface area contributed by atoms with Crippen molar-refractivity contribution in [3.05, 3.63) is 53.1 Å². The third kappa shape index (κ3) is 4.55. The van der Waals surface area contributed by atoms with E-state index >= 15 is 8.78 Å². The minimum Gasteiger partial charge on any atom is -0.332 e. The zero-order chi connectivity index (χ0) is 25.7. The Balaban J connectivity index is 1.52. The van der Waals surface area contributed by atoms with Gasteiger partial charge in [-0.05, 0) is 44.1 Å². The predicted octanol–water partition coefficient (Wildman–Crippen LogP) is 4.86. The number of aryl methyl sites for hydroxylation is 1. The van der Waals surface area contributed by atoms with Crippen LogP contribution in [0.2, 0.25) is 0 Å². The fourth-order valence-electron chi connectivity index (χ4n) is 4.64. The van der Waals surface area contributed by atoms with Gasteiger partial charge < -0.3 is 20.1 Å². The maximum atomic E-state index is 15.1. The standard InChI is InChI=1S/C25H27F2N9S/c1-13-8-19(34-33-13)30-24-21(14-4-5-14)22(18-12-36-7-6-28-11-20(36)29-18)31-25(32-24)35(2)23-16(26)9-15(37-3)10-17(23)27/h8-10,12,14,28H,4-7,11H2,1-3H3,(H2,30,31,32,33,34). The van der Waals surface area contributed by atoms with Crippen molar-refractivity contribution in [2.24, 2.45) is 0 Å². The summed E-state index contributed by atoms with van der Waals surface area (Å²) in [6.45, 7) is 4.27. The van der Waals surface area contributed by atoms with E-state index in [1.165, 1.54) is 28.8 Å². The predicted molar refractivity (Wildman–Crippen MR) is 140 cm³/mol. The molecule has 192 valence electrons. The second kappa shape index (κ2) is 9.42. The monoisotopic (exact) mass is 523 g/mol. The van der Waals surface area contributed by atoms with Gasteiger partial charge in [0.05, 0.1) is 6.54 Å². The molecule has 0 radical (unpaired) electrons. The molecule has 0 saturated heterocycles. The summed E-state index contributed by atoms with van der Waals surface area (Å²) in [6, 6.07) is 4.52. The van der Waals surface area contributed by atoms with Crippen LogP contribution in [0.3, 0.4) is 0 Å². The molecule has 0 bridgehead atoms. The highest BCUT2D eigenvalue weighted by Gasteiger charge is 2.34. The van der Waals surface area contributed by atoms with E-state index in [0.29, 0.717) is 28.8 Å². The summed E-state index contributed by atoms with van der Waals surface area (Å²) in [5, 5.41) is 13.9. The largest absolute Gasteiger partial charge is 0.332 e. The topological polar surface area (TPSA) is 99.6 Å². The number of benzene rings is 1. The second-order valence-corrected chi connectivity index (χ2v) is 10.3. The van der Waals surface area contributed by atoms with Crippen molar-refractivity contribution in [3.63, 3.8) is 0 Å². The van der Waals surface area contributed by atoms with E-state index in [2.05, 4.69) is 25.4 Å². The van der Waals surface area contributed by atoms with Gasteiger partial charge in [-0.15, -0.1) is 11.8 Å². The van der Waals surface area contributed by atoms with Crippen LogP contribution in [0.4, 0.5) is 32.1 Å². The summed E-state index contributed by atoms with van der Waals surface area (Å²) in [5.74, 6) is 1.17. The Morgan fingerprint density at radius 3 is 2.57 bits per heavy atom. The van der Waals surface area contributed by atoms with Crippen LogP contribution in [0.25, 0.3) is 11.4 Å². The number of aromatic nitrogens is 6. The Labute approximate surface area is 217 Å². The number of H-pyrrole nitrogens is 1. The van der Waals surface area contributed by atoms with Crippen LogP contribution < -0.4 is 15.5 Å². The van der Waals surface area contributed by atoms with E-state index in [1.807, 2.05) is 19.2 Å². The lowest BCUT2D eigenvalue weighted by Gasteiger charge is -2.22. The van der Waals surface area contributed by atoms with Gasteiger partial charge in [-0.25, -0.2) is 18.7 Å². The van der Waals surface area contributed by atoms with Crippen LogP contribution in [0.5, 0.6) is 0 Å². The molecule has 6 rings (SSSR count). The Morgan fingerprint density at radius 1 is 1.14 bits per heavy atom. The Bertz CT molecular complexity index is 1430. The number of hydrogen-bond acceptors (Lipinski definition) is 8. The molecule has 3 N–H and O–H groups in total. The van der Waals surface area contributed by atoms with Gasteiger partial charge in [-0.1, -0.05) is 0 Å². The molecular formula is C25H27F2N9S. The number of halogens is 2. The molecular weight excluding hydrogens is 496 g/mol. The molecule has 1 fully saturated rings. The Hall–Kier alpha value is -3.51. The van der Waals surface area contributed by atoms with Gasteiger partial charge in [0.15, 0.2) is 17.5 Å². The third-order valence-corrected chi connectivity index (χ3v) is 7.35. The molecule has 0 spiro atoms. The maximum absolute atomic E-state index is 15.1. The van der Waals surface area contributed by atoms with Gasteiger partial charge in [-0.2, -0.15) is 10.1 Å². The molecule has 1 aliphatic heterocycles. The average Bonchev–Trinajstić information content (AvgIpc) is 3.49. The normalized spacial score (nSPS) is 15.1. The first-order valence-electron chi connectivity index (χ1n) is 12.2. The summed E-state index contributed by atoms with van der Waals surface area (Å²) in [5.41, 5.74) is 3.02. The van der Waals surface area contributed by atoms with Crippen LogP contribution in [-0.2, 0) is 13.1 Å². The number of imidazole rings is 1. The first-order chi connectivity index (χ1) is 17.9. The Kier molecular flexibility index (Phi) is 6.07. The number of fused-ring (bicyclic) bond motifs is 1. The van der Waals surface area contributed by atoms with Crippen molar-refractivity contribution in [2.75, 3.05) is 30.1 Å². The molecule has 12 heteroatoms. The summed E-state index contributed by atoms with van der Waals surface area (Å²) in [4.78, 5) is 16.4. The number of aromatic amines is 1. The van der Waals surface area contributed by atoms with Crippen LogP contribution in [0, 0.1) is 18.6 Å². The molecule has 2 aliphatic rings. The van der Waals surface area contributed by atoms with E-state index in [-0.39, 0.29) is 17.6 Å². The number of nitrogens with zero attached hydrogens (tertiary/aromatic N) is 6. The molecule has 37 heavy (non-hydrogen) atoms. The van der Waals surface area contributed by atoms with Gasteiger partial charge >= 0.3 is 0 Å². The van der Waals surface area contributed by atoms with Crippen molar-refractivity contribution in [1.29, 1.82) is 0 Å². The number of rotatable bonds is 7. The first kappa shape index (κ1) is 23.9. The zero-order valence-electron chi connectivity index (χ0n) is 20.8. The fourth-order valence-corrected chi connectivity index (χ4v) is 5.09. The molecule has 0 unspecified atom stereocenters. The molecule has 4 heterocycles. The van der Waals surface area contributed by atoms with Crippen molar-refractivity contribution >= 4 is 35.0 Å². The van der Waals surface area contributed by atoms with Crippen LogP contribution in [0.15, 0.2) is 29.3 Å². The van der Waals surface area contributed by atoms with Crippen LogP contribution in [0.1, 0.15) is 35.8 Å². The third-order valence-electron chi connectivity index (χ3n) is 6.65. The van der Waals surface area contributed by atoms with Crippen LogP contribution in [-0.4, -0.2) is 49.6 Å². The van der Waals surface area contributed by atoms with E-state index in [9.17, 15) is 0 Å². The summed E-state index contributed by atoms with van der Waals surface area (Å²) in [6.07, 6.45) is 5.80. The quantitative estimate of drug-likeness (QED) is 0.295. The molecule has 3 aromatic heterocycles. The molecule has 1 aliphatic carbocycles. The minimum atomic E-state index is -0.677. The van der Waals surface area contributed by atoms with E-state index < -0.39 is 11.6 Å². The lowest BCUT2D eigenvalue weighted by molar-refractivity contribution is 0.505. The number of thioether (sulfide) groups is 1. The fraction of sp³-hybridized carbons (Fsp3) is 0.360. The minimum absolute atomic E-state index is 0.160. The average molecular weight is 524 g/mol. The Morgan fingerprint density at radius 2 is 1.92 bits per heavy atom. The zero-order valence-corrected chi connectivity index (χ0v) is 21.6. The molecule has 0 amide bonds. The lowest BCUT2D eigenvalue weighted by atomic mass is 10.1. The highest BCUT2D eigenvalue weighted by atomic mass is 32.2. The van der Waals surface area contributed by atoms with Crippen molar-refractivity contribution in [2.45, 2.75) is 43.7 Å². The van der Waals surface area contributed by atoms with Crippen molar-refractivity contribution in [1.82, 2.24) is 35.0 Å². The summed E-state index contributed by atoms with van der Waals surface area (Å²) in [7, 11) is 1.57. The second-order valence-electron chi connectivity index (χ2n) is 9.38. The molecule has 0 atom stereocenters. The lowest BCUT2D eigenvalue weighted by Crippen LogP contribution is -2.27.